The average Bonchev–Trinajstić information content (AvgIpc) is 2.61. The molecule has 1 amide bonds. The Bertz CT molecular complexity index is 511. The molecule has 1 aromatic rings. The number of aromatic nitrogens is 1. The van der Waals surface area contributed by atoms with Crippen LogP contribution in [0.15, 0.2) is 24.4 Å². The summed E-state index contributed by atoms with van der Waals surface area (Å²) in [4.78, 5) is 23.5. The van der Waals surface area contributed by atoms with Crippen LogP contribution in [0.2, 0.25) is 0 Å². The summed E-state index contributed by atoms with van der Waals surface area (Å²) in [6.45, 7) is 9.62. The largest absolute Gasteiger partial charge is 0.354 e. The molecule has 0 saturated carbocycles. The van der Waals surface area contributed by atoms with Crippen molar-refractivity contribution in [2.24, 2.45) is 0 Å². The SMILES string of the molecule is C[C@H]1CNCCN1C(=O)CCN1CCN(c2ccccn2)CC1.Cl.Cl. The van der Waals surface area contributed by atoms with Crippen LogP contribution in [0.4, 0.5) is 5.82 Å². The van der Waals surface area contributed by atoms with Gasteiger partial charge in [-0.2, -0.15) is 0 Å². The molecule has 0 unspecified atom stereocenters. The number of halogens is 2. The van der Waals surface area contributed by atoms with E-state index >= 15 is 0 Å². The van der Waals surface area contributed by atoms with Crippen LogP contribution in [0.3, 0.4) is 0 Å². The lowest BCUT2D eigenvalue weighted by molar-refractivity contribution is -0.134. The van der Waals surface area contributed by atoms with E-state index in [-0.39, 0.29) is 24.8 Å². The van der Waals surface area contributed by atoms with E-state index < -0.39 is 0 Å². The van der Waals surface area contributed by atoms with Gasteiger partial charge in [0.05, 0.1) is 0 Å². The highest BCUT2D eigenvalue weighted by molar-refractivity contribution is 5.85. The van der Waals surface area contributed by atoms with Crippen molar-refractivity contribution < 1.29 is 4.79 Å². The zero-order valence-corrected chi connectivity index (χ0v) is 16.4. The molecule has 8 heteroatoms. The summed E-state index contributed by atoms with van der Waals surface area (Å²) in [5, 5.41) is 3.33. The third-order valence-electron chi connectivity index (χ3n) is 4.81. The second kappa shape index (κ2) is 10.8. The molecule has 142 valence electrons. The van der Waals surface area contributed by atoms with Gasteiger partial charge in [0.1, 0.15) is 5.82 Å². The van der Waals surface area contributed by atoms with E-state index in [1.807, 2.05) is 23.2 Å². The van der Waals surface area contributed by atoms with Crippen molar-refractivity contribution in [3.63, 3.8) is 0 Å². The Hall–Kier alpha value is -1.08. The maximum absolute atomic E-state index is 12.4. The number of carbonyl (C=O) groups is 1. The van der Waals surface area contributed by atoms with E-state index in [9.17, 15) is 4.79 Å². The fourth-order valence-corrected chi connectivity index (χ4v) is 3.35. The smallest absolute Gasteiger partial charge is 0.224 e. The Morgan fingerprint density at radius 1 is 1.20 bits per heavy atom. The summed E-state index contributed by atoms with van der Waals surface area (Å²) in [6, 6.07) is 6.35. The summed E-state index contributed by atoms with van der Waals surface area (Å²) < 4.78 is 0. The minimum atomic E-state index is 0. The first-order valence-corrected chi connectivity index (χ1v) is 8.62. The predicted octanol–water partition coefficient (Wildman–Crippen LogP) is 1.26. The molecule has 0 bridgehead atoms. The summed E-state index contributed by atoms with van der Waals surface area (Å²) in [5.41, 5.74) is 0. The lowest BCUT2D eigenvalue weighted by Crippen LogP contribution is -2.53. The third kappa shape index (κ3) is 5.99. The highest BCUT2D eigenvalue weighted by atomic mass is 35.5. The van der Waals surface area contributed by atoms with Crippen LogP contribution >= 0.6 is 24.8 Å². The number of hydrogen-bond acceptors (Lipinski definition) is 5. The van der Waals surface area contributed by atoms with Crippen LogP contribution < -0.4 is 10.2 Å². The maximum atomic E-state index is 12.4. The summed E-state index contributed by atoms with van der Waals surface area (Å²) >= 11 is 0. The van der Waals surface area contributed by atoms with Crippen molar-refractivity contribution in [1.29, 1.82) is 0 Å². The van der Waals surface area contributed by atoms with E-state index in [0.29, 0.717) is 18.4 Å². The lowest BCUT2D eigenvalue weighted by atomic mass is 10.2. The molecule has 0 radical (unpaired) electrons. The first-order chi connectivity index (χ1) is 11.2. The topological polar surface area (TPSA) is 51.7 Å². The molecule has 25 heavy (non-hydrogen) atoms. The minimum absolute atomic E-state index is 0. The average molecular weight is 390 g/mol. The molecular weight excluding hydrogens is 361 g/mol. The van der Waals surface area contributed by atoms with Gasteiger partial charge in [0, 0.05) is 71.0 Å². The molecule has 1 N–H and O–H groups in total. The standard InChI is InChI=1S/C17H27N5O.2ClH/c1-15-14-18-7-9-22(15)17(23)5-8-20-10-12-21(13-11-20)16-4-2-3-6-19-16;;/h2-4,6,15,18H,5,7-14H2,1H3;2*1H/t15-;;/m0../s1. The molecule has 3 rings (SSSR count). The van der Waals surface area contributed by atoms with Gasteiger partial charge in [-0.15, -0.1) is 24.8 Å². The van der Waals surface area contributed by atoms with Gasteiger partial charge in [-0.25, -0.2) is 4.98 Å². The first kappa shape index (κ1) is 22.0. The molecule has 2 aliphatic rings. The lowest BCUT2D eigenvalue weighted by Gasteiger charge is -2.37. The Morgan fingerprint density at radius 3 is 2.60 bits per heavy atom. The second-order valence-electron chi connectivity index (χ2n) is 6.41. The number of piperazine rings is 2. The molecule has 0 spiro atoms. The van der Waals surface area contributed by atoms with E-state index in [1.54, 1.807) is 0 Å². The second-order valence-corrected chi connectivity index (χ2v) is 6.41. The van der Waals surface area contributed by atoms with Crippen LogP contribution in [-0.4, -0.2) is 79.1 Å². The molecule has 1 aromatic heterocycles. The molecule has 0 aliphatic carbocycles. The zero-order chi connectivity index (χ0) is 16.1. The molecule has 2 aliphatic heterocycles. The summed E-state index contributed by atoms with van der Waals surface area (Å²) in [6.07, 6.45) is 2.48. The van der Waals surface area contributed by atoms with Crippen LogP contribution in [-0.2, 0) is 4.79 Å². The third-order valence-corrected chi connectivity index (χ3v) is 4.81. The Labute approximate surface area is 162 Å². The van der Waals surface area contributed by atoms with Gasteiger partial charge in [0.2, 0.25) is 5.91 Å². The van der Waals surface area contributed by atoms with Crippen LogP contribution in [0.25, 0.3) is 0 Å². The number of carbonyl (C=O) groups excluding carboxylic acids is 1. The Balaban J connectivity index is 0.00000156. The molecular formula is C17H29Cl2N5O. The zero-order valence-electron chi connectivity index (χ0n) is 14.8. The quantitative estimate of drug-likeness (QED) is 0.839. The number of rotatable bonds is 4. The highest BCUT2D eigenvalue weighted by Crippen LogP contribution is 2.13. The Kier molecular flexibility index (Phi) is 9.50. The molecule has 1 atom stereocenters. The van der Waals surface area contributed by atoms with Gasteiger partial charge in [-0.05, 0) is 19.1 Å². The van der Waals surface area contributed by atoms with Gasteiger partial charge in [0.25, 0.3) is 0 Å². The van der Waals surface area contributed by atoms with E-state index in [4.69, 9.17) is 0 Å². The van der Waals surface area contributed by atoms with Crippen molar-refractivity contribution in [3.05, 3.63) is 24.4 Å². The summed E-state index contributed by atoms with van der Waals surface area (Å²) in [5.74, 6) is 1.35. The fraction of sp³-hybridized carbons (Fsp3) is 0.647. The van der Waals surface area contributed by atoms with Crippen molar-refractivity contribution >= 4 is 36.5 Å². The highest BCUT2D eigenvalue weighted by Gasteiger charge is 2.24. The van der Waals surface area contributed by atoms with Crippen molar-refractivity contribution in [2.45, 2.75) is 19.4 Å². The minimum Gasteiger partial charge on any atom is -0.354 e. The molecule has 0 aromatic carbocycles. The number of pyridine rings is 1. The number of anilines is 1. The van der Waals surface area contributed by atoms with Crippen molar-refractivity contribution in [3.8, 4) is 0 Å². The normalized spacial score (nSPS) is 21.2. The number of nitrogens with zero attached hydrogens (tertiary/aromatic N) is 4. The predicted molar refractivity (Wildman–Crippen MR) is 106 cm³/mol. The number of nitrogens with one attached hydrogen (secondary N) is 1. The monoisotopic (exact) mass is 389 g/mol. The van der Waals surface area contributed by atoms with Crippen LogP contribution in [0, 0.1) is 0 Å². The van der Waals surface area contributed by atoms with E-state index in [0.717, 1.165) is 58.2 Å². The Morgan fingerprint density at radius 2 is 1.96 bits per heavy atom. The van der Waals surface area contributed by atoms with Gasteiger partial charge in [-0.3, -0.25) is 9.69 Å². The molecule has 2 fully saturated rings. The van der Waals surface area contributed by atoms with Crippen molar-refractivity contribution in [1.82, 2.24) is 20.1 Å². The van der Waals surface area contributed by atoms with Crippen LogP contribution in [0.1, 0.15) is 13.3 Å². The molecule has 6 nitrogen and oxygen atoms in total. The fourth-order valence-electron chi connectivity index (χ4n) is 3.35. The number of amides is 1. The summed E-state index contributed by atoms with van der Waals surface area (Å²) in [7, 11) is 0. The first-order valence-electron chi connectivity index (χ1n) is 8.62. The van der Waals surface area contributed by atoms with Crippen LogP contribution in [0.5, 0.6) is 0 Å². The number of hydrogen-bond donors (Lipinski definition) is 1. The van der Waals surface area contributed by atoms with E-state index in [2.05, 4.69) is 33.1 Å². The molecule has 3 heterocycles. The molecule has 2 saturated heterocycles. The van der Waals surface area contributed by atoms with E-state index in [1.165, 1.54) is 0 Å². The van der Waals surface area contributed by atoms with Gasteiger partial charge < -0.3 is 15.1 Å². The van der Waals surface area contributed by atoms with Crippen molar-refractivity contribution in [2.75, 3.05) is 57.3 Å². The van der Waals surface area contributed by atoms with Gasteiger partial charge in [0.15, 0.2) is 0 Å². The van der Waals surface area contributed by atoms with Gasteiger partial charge in [-0.1, -0.05) is 6.07 Å². The maximum Gasteiger partial charge on any atom is 0.224 e. The van der Waals surface area contributed by atoms with Gasteiger partial charge >= 0.3 is 0 Å².